The molecule has 0 radical (unpaired) electrons. The highest BCUT2D eigenvalue weighted by Crippen LogP contribution is 2.12. The SMILES string of the molecule is N#CC(NC(=O)c1cccc(Br)n1)c1ccccc1. The molecule has 1 aromatic heterocycles. The van der Waals surface area contributed by atoms with Gasteiger partial charge in [-0.2, -0.15) is 5.26 Å². The van der Waals surface area contributed by atoms with E-state index >= 15 is 0 Å². The molecule has 0 aliphatic carbocycles. The van der Waals surface area contributed by atoms with Gasteiger partial charge in [0, 0.05) is 0 Å². The van der Waals surface area contributed by atoms with Gasteiger partial charge < -0.3 is 5.32 Å². The maximum absolute atomic E-state index is 12.0. The Balaban J connectivity index is 2.16. The number of carbonyl (C=O) groups is 1. The predicted molar refractivity (Wildman–Crippen MR) is 74.2 cm³/mol. The molecule has 1 unspecified atom stereocenters. The van der Waals surface area contributed by atoms with Crippen LogP contribution in [0.25, 0.3) is 0 Å². The number of hydrogen-bond acceptors (Lipinski definition) is 3. The highest BCUT2D eigenvalue weighted by atomic mass is 79.9. The number of nitriles is 1. The molecular weight excluding hydrogens is 306 g/mol. The van der Waals surface area contributed by atoms with E-state index in [1.807, 2.05) is 18.2 Å². The molecule has 4 nitrogen and oxygen atoms in total. The lowest BCUT2D eigenvalue weighted by atomic mass is 10.1. The summed E-state index contributed by atoms with van der Waals surface area (Å²) >= 11 is 3.20. The Morgan fingerprint density at radius 1 is 1.21 bits per heavy atom. The molecule has 1 amide bonds. The Morgan fingerprint density at radius 3 is 2.58 bits per heavy atom. The minimum absolute atomic E-state index is 0.269. The molecule has 94 valence electrons. The van der Waals surface area contributed by atoms with E-state index in [0.29, 0.717) is 4.60 Å². The normalized spacial score (nSPS) is 11.4. The fourth-order valence-corrected chi connectivity index (χ4v) is 1.92. The predicted octanol–water partition coefficient (Wildman–Crippen LogP) is 2.84. The minimum atomic E-state index is -0.686. The van der Waals surface area contributed by atoms with Gasteiger partial charge in [-0.05, 0) is 33.6 Å². The Labute approximate surface area is 119 Å². The first kappa shape index (κ1) is 13.2. The topological polar surface area (TPSA) is 65.8 Å². The maximum Gasteiger partial charge on any atom is 0.271 e. The van der Waals surface area contributed by atoms with Gasteiger partial charge in [-0.1, -0.05) is 36.4 Å². The van der Waals surface area contributed by atoms with E-state index in [2.05, 4.69) is 32.3 Å². The molecule has 0 aliphatic rings. The van der Waals surface area contributed by atoms with Crippen LogP contribution in [0.5, 0.6) is 0 Å². The van der Waals surface area contributed by atoms with Crippen molar-refractivity contribution in [1.82, 2.24) is 10.3 Å². The fraction of sp³-hybridized carbons (Fsp3) is 0.0714. The van der Waals surface area contributed by atoms with E-state index < -0.39 is 6.04 Å². The molecule has 0 aliphatic heterocycles. The summed E-state index contributed by atoms with van der Waals surface area (Å²) in [5.41, 5.74) is 1.01. The average Bonchev–Trinajstić information content (AvgIpc) is 2.45. The number of aromatic nitrogens is 1. The van der Waals surface area contributed by atoms with Gasteiger partial charge in [-0.25, -0.2) is 4.98 Å². The fourth-order valence-electron chi connectivity index (χ4n) is 1.58. The molecule has 0 spiro atoms. The first-order chi connectivity index (χ1) is 9.20. The maximum atomic E-state index is 12.0. The number of carbonyl (C=O) groups excluding carboxylic acids is 1. The summed E-state index contributed by atoms with van der Waals surface area (Å²) in [6.07, 6.45) is 0. The van der Waals surface area contributed by atoms with Crippen molar-refractivity contribution < 1.29 is 4.79 Å². The Bertz CT molecular complexity index is 622. The van der Waals surface area contributed by atoms with Crippen LogP contribution in [0.4, 0.5) is 0 Å². The molecule has 1 aromatic carbocycles. The average molecular weight is 316 g/mol. The van der Waals surface area contributed by atoms with Crippen molar-refractivity contribution in [1.29, 1.82) is 5.26 Å². The van der Waals surface area contributed by atoms with Crippen LogP contribution >= 0.6 is 15.9 Å². The number of halogens is 1. The monoisotopic (exact) mass is 315 g/mol. The first-order valence-corrected chi connectivity index (χ1v) is 6.38. The molecule has 1 atom stereocenters. The molecule has 1 heterocycles. The molecule has 0 saturated heterocycles. The van der Waals surface area contributed by atoms with E-state index in [1.54, 1.807) is 30.3 Å². The molecular formula is C14H10BrN3O. The van der Waals surface area contributed by atoms with Crippen LogP contribution in [0.1, 0.15) is 22.1 Å². The van der Waals surface area contributed by atoms with Crippen molar-refractivity contribution >= 4 is 21.8 Å². The van der Waals surface area contributed by atoms with Crippen LogP contribution in [-0.4, -0.2) is 10.9 Å². The summed E-state index contributed by atoms with van der Waals surface area (Å²) < 4.78 is 0.577. The van der Waals surface area contributed by atoms with Crippen LogP contribution in [0.2, 0.25) is 0 Å². The van der Waals surface area contributed by atoms with E-state index in [-0.39, 0.29) is 11.6 Å². The molecule has 2 rings (SSSR count). The zero-order valence-corrected chi connectivity index (χ0v) is 11.5. The summed E-state index contributed by atoms with van der Waals surface area (Å²) in [7, 11) is 0. The summed E-state index contributed by atoms with van der Waals surface area (Å²) in [6, 6.07) is 15.5. The lowest BCUT2D eigenvalue weighted by Crippen LogP contribution is -2.28. The molecule has 19 heavy (non-hydrogen) atoms. The van der Waals surface area contributed by atoms with E-state index in [0.717, 1.165) is 5.56 Å². The van der Waals surface area contributed by atoms with Gasteiger partial charge in [0.1, 0.15) is 16.3 Å². The van der Waals surface area contributed by atoms with Gasteiger partial charge >= 0.3 is 0 Å². The van der Waals surface area contributed by atoms with Crippen molar-refractivity contribution in [3.8, 4) is 6.07 Å². The summed E-state index contributed by atoms with van der Waals surface area (Å²) in [5.74, 6) is -0.378. The van der Waals surface area contributed by atoms with Crippen LogP contribution in [0.3, 0.4) is 0 Å². The Morgan fingerprint density at radius 2 is 1.95 bits per heavy atom. The van der Waals surface area contributed by atoms with Gasteiger partial charge in [0.05, 0.1) is 6.07 Å². The van der Waals surface area contributed by atoms with Crippen molar-refractivity contribution in [3.63, 3.8) is 0 Å². The number of pyridine rings is 1. The number of rotatable bonds is 3. The molecule has 0 bridgehead atoms. The Kier molecular flexibility index (Phi) is 4.26. The van der Waals surface area contributed by atoms with E-state index in [4.69, 9.17) is 5.26 Å². The van der Waals surface area contributed by atoms with E-state index in [1.165, 1.54) is 0 Å². The Hall–Kier alpha value is -2.19. The smallest absolute Gasteiger partial charge is 0.271 e. The van der Waals surface area contributed by atoms with Gasteiger partial charge in [0.25, 0.3) is 5.91 Å². The largest absolute Gasteiger partial charge is 0.331 e. The van der Waals surface area contributed by atoms with Crippen molar-refractivity contribution in [2.75, 3.05) is 0 Å². The van der Waals surface area contributed by atoms with Crippen molar-refractivity contribution in [3.05, 3.63) is 64.4 Å². The van der Waals surface area contributed by atoms with Crippen LogP contribution in [0.15, 0.2) is 53.1 Å². The van der Waals surface area contributed by atoms with Crippen LogP contribution in [-0.2, 0) is 0 Å². The third kappa shape index (κ3) is 3.39. The van der Waals surface area contributed by atoms with Crippen molar-refractivity contribution in [2.45, 2.75) is 6.04 Å². The lowest BCUT2D eigenvalue weighted by molar-refractivity contribution is 0.0940. The third-order valence-electron chi connectivity index (χ3n) is 2.49. The quantitative estimate of drug-likeness (QED) is 0.886. The third-order valence-corrected chi connectivity index (χ3v) is 2.93. The zero-order valence-electron chi connectivity index (χ0n) is 9.88. The summed E-state index contributed by atoms with van der Waals surface area (Å²) in [6.45, 7) is 0. The lowest BCUT2D eigenvalue weighted by Gasteiger charge is -2.11. The summed E-state index contributed by atoms with van der Waals surface area (Å²) in [4.78, 5) is 16.0. The molecule has 0 saturated carbocycles. The molecule has 0 fully saturated rings. The second-order valence-corrected chi connectivity index (χ2v) is 4.60. The standard InChI is InChI=1S/C14H10BrN3O/c15-13-8-4-7-11(17-13)14(19)18-12(9-16)10-5-2-1-3-6-10/h1-8,12H,(H,18,19). The summed E-state index contributed by atoms with van der Waals surface area (Å²) in [5, 5.41) is 11.8. The van der Waals surface area contributed by atoms with E-state index in [9.17, 15) is 4.79 Å². The van der Waals surface area contributed by atoms with Gasteiger partial charge in [-0.15, -0.1) is 0 Å². The molecule has 5 heteroatoms. The van der Waals surface area contributed by atoms with Gasteiger partial charge in [0.2, 0.25) is 0 Å². The number of nitrogens with zero attached hydrogens (tertiary/aromatic N) is 2. The van der Waals surface area contributed by atoms with Crippen LogP contribution < -0.4 is 5.32 Å². The number of amides is 1. The highest BCUT2D eigenvalue weighted by molar-refractivity contribution is 9.10. The second-order valence-electron chi connectivity index (χ2n) is 3.79. The zero-order chi connectivity index (χ0) is 13.7. The molecule has 1 N–H and O–H groups in total. The van der Waals surface area contributed by atoms with Gasteiger partial charge in [0.15, 0.2) is 0 Å². The number of nitrogens with one attached hydrogen (secondary N) is 1. The van der Waals surface area contributed by atoms with Crippen molar-refractivity contribution in [2.24, 2.45) is 0 Å². The number of hydrogen-bond donors (Lipinski definition) is 1. The minimum Gasteiger partial charge on any atom is -0.331 e. The first-order valence-electron chi connectivity index (χ1n) is 5.58. The highest BCUT2D eigenvalue weighted by Gasteiger charge is 2.15. The molecule has 2 aromatic rings. The van der Waals surface area contributed by atoms with Gasteiger partial charge in [-0.3, -0.25) is 4.79 Å². The number of benzene rings is 1. The van der Waals surface area contributed by atoms with Crippen LogP contribution in [0, 0.1) is 11.3 Å². The second kappa shape index (κ2) is 6.12.